The quantitative estimate of drug-likeness (QED) is 0.552. The van der Waals surface area contributed by atoms with Crippen molar-refractivity contribution in [3.63, 3.8) is 0 Å². The van der Waals surface area contributed by atoms with Crippen LogP contribution in [0.3, 0.4) is 0 Å². The van der Waals surface area contributed by atoms with Crippen LogP contribution in [0.25, 0.3) is 0 Å². The van der Waals surface area contributed by atoms with E-state index in [0.29, 0.717) is 18.5 Å². The SMILES string of the molecule is COC(=O)CCc1ccccc1C(=O)CN1CCN(c2ccncc2)CC1. The summed E-state index contributed by atoms with van der Waals surface area (Å²) in [6.07, 6.45) is 4.41. The number of aryl methyl sites for hydroxylation is 1. The van der Waals surface area contributed by atoms with Gasteiger partial charge in [-0.15, -0.1) is 0 Å². The van der Waals surface area contributed by atoms with Gasteiger partial charge < -0.3 is 9.64 Å². The summed E-state index contributed by atoms with van der Waals surface area (Å²) >= 11 is 0. The molecule has 1 fully saturated rings. The molecular weight excluding hydrogens is 342 g/mol. The highest BCUT2D eigenvalue weighted by Crippen LogP contribution is 2.16. The highest BCUT2D eigenvalue weighted by molar-refractivity contribution is 5.99. The van der Waals surface area contributed by atoms with E-state index in [4.69, 9.17) is 4.74 Å². The number of rotatable bonds is 7. The standard InChI is InChI=1S/C21H25N3O3/c1-27-21(26)7-6-17-4-2-3-5-19(17)20(25)16-23-12-14-24(15-13-23)18-8-10-22-11-9-18/h2-5,8-11H,6-7,12-16H2,1H3. The molecule has 0 amide bonds. The number of benzene rings is 1. The predicted octanol–water partition coefficient (Wildman–Crippen LogP) is 2.19. The molecule has 0 unspecified atom stereocenters. The van der Waals surface area contributed by atoms with Gasteiger partial charge in [-0.05, 0) is 24.1 Å². The number of pyridine rings is 1. The topological polar surface area (TPSA) is 62.7 Å². The number of esters is 1. The molecule has 1 aromatic heterocycles. The zero-order chi connectivity index (χ0) is 19.1. The van der Waals surface area contributed by atoms with Crippen LogP contribution in [0.15, 0.2) is 48.8 Å². The molecule has 1 saturated heterocycles. The first-order valence-electron chi connectivity index (χ1n) is 9.22. The maximum absolute atomic E-state index is 12.8. The Hall–Kier alpha value is -2.73. The van der Waals surface area contributed by atoms with Crippen molar-refractivity contribution in [3.05, 3.63) is 59.9 Å². The lowest BCUT2D eigenvalue weighted by molar-refractivity contribution is -0.140. The van der Waals surface area contributed by atoms with Gasteiger partial charge in [0, 0.05) is 56.2 Å². The second kappa shape index (κ2) is 9.28. The minimum absolute atomic E-state index is 0.104. The van der Waals surface area contributed by atoms with E-state index >= 15 is 0 Å². The smallest absolute Gasteiger partial charge is 0.305 e. The van der Waals surface area contributed by atoms with Crippen molar-refractivity contribution >= 4 is 17.4 Å². The molecule has 3 rings (SSSR count). The Morgan fingerprint density at radius 1 is 1.04 bits per heavy atom. The fourth-order valence-corrected chi connectivity index (χ4v) is 3.36. The molecule has 0 saturated carbocycles. The van der Waals surface area contributed by atoms with E-state index in [9.17, 15) is 9.59 Å². The van der Waals surface area contributed by atoms with Crippen LogP contribution in [-0.2, 0) is 16.0 Å². The van der Waals surface area contributed by atoms with Gasteiger partial charge in [0.2, 0.25) is 0 Å². The summed E-state index contributed by atoms with van der Waals surface area (Å²) in [6.45, 7) is 3.87. The van der Waals surface area contributed by atoms with Crippen LogP contribution in [-0.4, -0.2) is 61.5 Å². The number of hydrogen-bond donors (Lipinski definition) is 0. The van der Waals surface area contributed by atoms with Crippen molar-refractivity contribution in [1.82, 2.24) is 9.88 Å². The molecule has 6 heteroatoms. The van der Waals surface area contributed by atoms with Crippen molar-refractivity contribution in [3.8, 4) is 0 Å². The van der Waals surface area contributed by atoms with Gasteiger partial charge in [0.1, 0.15) is 0 Å². The Bertz CT molecular complexity index is 771. The average Bonchev–Trinajstić information content (AvgIpc) is 2.73. The van der Waals surface area contributed by atoms with Gasteiger partial charge in [0.05, 0.1) is 13.7 Å². The first-order chi connectivity index (χ1) is 13.2. The third-order valence-corrected chi connectivity index (χ3v) is 4.91. The number of anilines is 1. The first-order valence-corrected chi connectivity index (χ1v) is 9.22. The number of piperazine rings is 1. The van der Waals surface area contributed by atoms with Crippen LogP contribution in [0.4, 0.5) is 5.69 Å². The molecule has 0 spiro atoms. The van der Waals surface area contributed by atoms with Gasteiger partial charge in [0.25, 0.3) is 0 Å². The van der Waals surface area contributed by atoms with E-state index in [-0.39, 0.29) is 18.2 Å². The summed E-state index contributed by atoms with van der Waals surface area (Å²) in [5.74, 6) is -0.155. The normalized spacial score (nSPS) is 14.8. The lowest BCUT2D eigenvalue weighted by atomic mass is 9.99. The van der Waals surface area contributed by atoms with Crippen LogP contribution in [0.5, 0.6) is 0 Å². The number of carbonyl (C=O) groups excluding carboxylic acids is 2. The van der Waals surface area contributed by atoms with Crippen molar-refractivity contribution in [2.75, 3.05) is 44.7 Å². The monoisotopic (exact) mass is 367 g/mol. The fraction of sp³-hybridized carbons (Fsp3) is 0.381. The number of ketones is 1. The van der Waals surface area contributed by atoms with Crippen LogP contribution in [0.2, 0.25) is 0 Å². The highest BCUT2D eigenvalue weighted by atomic mass is 16.5. The number of aromatic nitrogens is 1. The molecular formula is C21H25N3O3. The molecule has 0 atom stereocenters. The Morgan fingerprint density at radius 2 is 1.74 bits per heavy atom. The summed E-state index contributed by atoms with van der Waals surface area (Å²) in [7, 11) is 1.38. The Kier molecular flexibility index (Phi) is 6.54. The Balaban J connectivity index is 1.56. The second-order valence-corrected chi connectivity index (χ2v) is 6.63. The van der Waals surface area contributed by atoms with Crippen molar-refractivity contribution < 1.29 is 14.3 Å². The largest absolute Gasteiger partial charge is 0.469 e. The molecule has 0 N–H and O–H groups in total. The van der Waals surface area contributed by atoms with Gasteiger partial charge in [-0.1, -0.05) is 24.3 Å². The van der Waals surface area contributed by atoms with Gasteiger partial charge in [0.15, 0.2) is 5.78 Å². The van der Waals surface area contributed by atoms with E-state index in [1.807, 2.05) is 36.4 Å². The third-order valence-electron chi connectivity index (χ3n) is 4.91. The maximum Gasteiger partial charge on any atom is 0.305 e. The summed E-state index contributed by atoms with van der Waals surface area (Å²) in [4.78, 5) is 32.8. The summed E-state index contributed by atoms with van der Waals surface area (Å²) in [6, 6.07) is 11.6. The molecule has 27 heavy (non-hydrogen) atoms. The summed E-state index contributed by atoms with van der Waals surface area (Å²) in [5.41, 5.74) is 2.78. The molecule has 1 aliphatic rings. The van der Waals surface area contributed by atoms with Crippen LogP contribution in [0, 0.1) is 0 Å². The van der Waals surface area contributed by atoms with Gasteiger partial charge in [-0.2, -0.15) is 0 Å². The molecule has 0 bridgehead atoms. The molecule has 0 radical (unpaired) electrons. The van der Waals surface area contributed by atoms with Crippen molar-refractivity contribution in [2.24, 2.45) is 0 Å². The van der Waals surface area contributed by atoms with E-state index in [1.54, 1.807) is 12.4 Å². The van der Waals surface area contributed by atoms with Crippen molar-refractivity contribution in [2.45, 2.75) is 12.8 Å². The zero-order valence-electron chi connectivity index (χ0n) is 15.6. The minimum atomic E-state index is -0.260. The molecule has 2 heterocycles. The minimum Gasteiger partial charge on any atom is -0.469 e. The lowest BCUT2D eigenvalue weighted by Gasteiger charge is -2.35. The summed E-state index contributed by atoms with van der Waals surface area (Å²) in [5, 5.41) is 0. The Morgan fingerprint density at radius 3 is 2.44 bits per heavy atom. The van der Waals surface area contributed by atoms with Crippen LogP contribution < -0.4 is 4.90 Å². The first kappa shape index (κ1) is 19.0. The second-order valence-electron chi connectivity index (χ2n) is 6.63. The molecule has 142 valence electrons. The summed E-state index contributed by atoms with van der Waals surface area (Å²) < 4.78 is 4.70. The van der Waals surface area contributed by atoms with E-state index in [0.717, 1.165) is 31.7 Å². The van der Waals surface area contributed by atoms with E-state index in [1.165, 1.54) is 12.8 Å². The fourth-order valence-electron chi connectivity index (χ4n) is 3.36. The molecule has 1 aromatic carbocycles. The van der Waals surface area contributed by atoms with Gasteiger partial charge >= 0.3 is 5.97 Å². The number of hydrogen-bond acceptors (Lipinski definition) is 6. The molecule has 2 aromatic rings. The van der Waals surface area contributed by atoms with Gasteiger partial charge in [-0.25, -0.2) is 0 Å². The number of ether oxygens (including phenoxy) is 1. The Labute approximate surface area is 159 Å². The molecule has 6 nitrogen and oxygen atoms in total. The number of carbonyl (C=O) groups is 2. The number of methoxy groups -OCH3 is 1. The maximum atomic E-state index is 12.8. The number of nitrogens with zero attached hydrogens (tertiary/aromatic N) is 3. The highest BCUT2D eigenvalue weighted by Gasteiger charge is 2.21. The molecule has 0 aliphatic carbocycles. The van der Waals surface area contributed by atoms with Crippen molar-refractivity contribution in [1.29, 1.82) is 0 Å². The van der Waals surface area contributed by atoms with E-state index < -0.39 is 0 Å². The number of Topliss-reactive ketones (excluding diaryl/α,β-unsaturated/α-hetero) is 1. The van der Waals surface area contributed by atoms with Crippen LogP contribution >= 0.6 is 0 Å². The molecule has 1 aliphatic heterocycles. The average molecular weight is 367 g/mol. The lowest BCUT2D eigenvalue weighted by Crippen LogP contribution is -2.48. The van der Waals surface area contributed by atoms with Crippen LogP contribution in [0.1, 0.15) is 22.3 Å². The van der Waals surface area contributed by atoms with E-state index in [2.05, 4.69) is 14.8 Å². The predicted molar refractivity (Wildman–Crippen MR) is 104 cm³/mol. The van der Waals surface area contributed by atoms with Gasteiger partial charge in [-0.3, -0.25) is 19.5 Å². The zero-order valence-corrected chi connectivity index (χ0v) is 15.6. The third kappa shape index (κ3) is 5.14.